The van der Waals surface area contributed by atoms with E-state index < -0.39 is 9.84 Å². The van der Waals surface area contributed by atoms with Gasteiger partial charge in [0.05, 0.1) is 16.3 Å². The van der Waals surface area contributed by atoms with E-state index in [2.05, 4.69) is 10.5 Å². The molecule has 0 aliphatic carbocycles. The van der Waals surface area contributed by atoms with Crippen LogP contribution in [0.15, 0.2) is 52.5 Å². The topological polar surface area (TPSA) is 58.5 Å². The van der Waals surface area contributed by atoms with Crippen molar-refractivity contribution in [1.82, 2.24) is 0 Å². The summed E-state index contributed by atoms with van der Waals surface area (Å²) < 4.78 is 22.9. The summed E-state index contributed by atoms with van der Waals surface area (Å²) >= 11 is 6.06. The maximum Gasteiger partial charge on any atom is 0.175 e. The Hall–Kier alpha value is -1.85. The number of nitrogens with zero attached hydrogens (tertiary/aromatic N) is 1. The van der Waals surface area contributed by atoms with Gasteiger partial charge in [0.2, 0.25) is 0 Å². The van der Waals surface area contributed by atoms with Crippen LogP contribution in [0.3, 0.4) is 0 Å². The fourth-order valence-corrected chi connectivity index (χ4v) is 2.63. The first-order chi connectivity index (χ1) is 10.3. The van der Waals surface area contributed by atoms with Crippen LogP contribution in [0.2, 0.25) is 5.02 Å². The van der Waals surface area contributed by atoms with Crippen molar-refractivity contribution in [1.29, 1.82) is 0 Å². The average Bonchev–Trinajstić information content (AvgIpc) is 2.47. The Morgan fingerprint density at radius 3 is 2.32 bits per heavy atom. The SMILES string of the molecule is C/C(=N/Nc1ccc(C)c(Cl)c1)c1ccc(S(C)(=O)=O)cc1. The number of nitrogens with one attached hydrogen (secondary N) is 1. The van der Waals surface area contributed by atoms with E-state index in [1.54, 1.807) is 30.3 Å². The maximum atomic E-state index is 11.4. The summed E-state index contributed by atoms with van der Waals surface area (Å²) in [5, 5.41) is 4.96. The Bertz CT molecular complexity index is 813. The van der Waals surface area contributed by atoms with Crippen LogP contribution in [0, 0.1) is 6.92 Å². The van der Waals surface area contributed by atoms with E-state index in [0.29, 0.717) is 9.92 Å². The molecule has 2 rings (SSSR count). The Balaban J connectivity index is 2.16. The molecule has 0 heterocycles. The lowest BCUT2D eigenvalue weighted by Crippen LogP contribution is -2.02. The Labute approximate surface area is 135 Å². The maximum absolute atomic E-state index is 11.4. The number of hydrogen-bond donors (Lipinski definition) is 1. The fourth-order valence-electron chi connectivity index (χ4n) is 1.82. The monoisotopic (exact) mass is 336 g/mol. The summed E-state index contributed by atoms with van der Waals surface area (Å²) in [4.78, 5) is 0.294. The molecule has 22 heavy (non-hydrogen) atoms. The fraction of sp³-hybridized carbons (Fsp3) is 0.188. The van der Waals surface area contributed by atoms with E-state index in [1.807, 2.05) is 26.0 Å². The smallest absolute Gasteiger partial charge is 0.175 e. The highest BCUT2D eigenvalue weighted by atomic mass is 35.5. The van der Waals surface area contributed by atoms with Crippen molar-refractivity contribution < 1.29 is 8.42 Å². The summed E-state index contributed by atoms with van der Waals surface area (Å²) in [5.74, 6) is 0. The second-order valence-electron chi connectivity index (χ2n) is 5.07. The molecule has 0 atom stereocenters. The zero-order valence-corrected chi connectivity index (χ0v) is 14.2. The molecule has 6 heteroatoms. The van der Waals surface area contributed by atoms with Crippen LogP contribution in [0.5, 0.6) is 0 Å². The normalized spacial score (nSPS) is 12.3. The van der Waals surface area contributed by atoms with Crippen molar-refractivity contribution in [2.24, 2.45) is 5.10 Å². The molecule has 0 saturated carbocycles. The largest absolute Gasteiger partial charge is 0.278 e. The summed E-state index contributed by atoms with van der Waals surface area (Å²) in [6, 6.07) is 12.2. The van der Waals surface area contributed by atoms with E-state index in [0.717, 1.165) is 22.5 Å². The highest BCUT2D eigenvalue weighted by Gasteiger charge is 2.07. The molecule has 0 amide bonds. The van der Waals surface area contributed by atoms with Gasteiger partial charge in [-0.15, -0.1) is 0 Å². The zero-order valence-electron chi connectivity index (χ0n) is 12.6. The van der Waals surface area contributed by atoms with Crippen molar-refractivity contribution in [3.63, 3.8) is 0 Å². The summed E-state index contributed by atoms with van der Waals surface area (Å²) in [6.07, 6.45) is 1.19. The van der Waals surface area contributed by atoms with Crippen LogP contribution in [0.25, 0.3) is 0 Å². The minimum Gasteiger partial charge on any atom is -0.278 e. The van der Waals surface area contributed by atoms with Crippen LogP contribution < -0.4 is 5.43 Å². The van der Waals surface area contributed by atoms with Gasteiger partial charge in [-0.25, -0.2) is 8.42 Å². The second kappa shape index (κ2) is 6.50. The molecule has 0 bridgehead atoms. The van der Waals surface area contributed by atoms with Crippen molar-refractivity contribution in [2.75, 3.05) is 11.7 Å². The number of benzene rings is 2. The first kappa shape index (κ1) is 16.5. The van der Waals surface area contributed by atoms with Gasteiger partial charge in [-0.1, -0.05) is 29.8 Å². The molecule has 1 N–H and O–H groups in total. The zero-order chi connectivity index (χ0) is 16.3. The Morgan fingerprint density at radius 1 is 1.14 bits per heavy atom. The number of rotatable bonds is 4. The minimum atomic E-state index is -3.18. The number of sulfone groups is 1. The van der Waals surface area contributed by atoms with Gasteiger partial charge in [-0.2, -0.15) is 5.10 Å². The molecule has 2 aromatic rings. The molecule has 0 aliphatic heterocycles. The van der Waals surface area contributed by atoms with Gasteiger partial charge >= 0.3 is 0 Å². The predicted octanol–water partition coefficient (Wildman–Crippen LogP) is 3.89. The molecule has 0 aliphatic rings. The van der Waals surface area contributed by atoms with Crippen molar-refractivity contribution in [3.8, 4) is 0 Å². The summed E-state index contributed by atoms with van der Waals surface area (Å²) in [6.45, 7) is 3.78. The average molecular weight is 337 g/mol. The number of aryl methyl sites for hydroxylation is 1. The highest BCUT2D eigenvalue weighted by molar-refractivity contribution is 7.90. The molecule has 0 spiro atoms. The van der Waals surface area contributed by atoms with Gasteiger partial charge < -0.3 is 0 Å². The third-order valence-electron chi connectivity index (χ3n) is 3.22. The van der Waals surface area contributed by atoms with Gasteiger partial charge in [0.1, 0.15) is 0 Å². The lowest BCUT2D eigenvalue weighted by atomic mass is 10.1. The van der Waals surface area contributed by atoms with E-state index in [4.69, 9.17) is 11.6 Å². The molecule has 0 unspecified atom stereocenters. The quantitative estimate of drug-likeness (QED) is 0.680. The Kier molecular flexibility index (Phi) is 4.88. The van der Waals surface area contributed by atoms with Crippen molar-refractivity contribution in [3.05, 3.63) is 58.6 Å². The van der Waals surface area contributed by atoms with Gasteiger partial charge in [0, 0.05) is 11.3 Å². The van der Waals surface area contributed by atoms with Crippen LogP contribution in [0.4, 0.5) is 5.69 Å². The molecule has 0 radical (unpaired) electrons. The molecular weight excluding hydrogens is 320 g/mol. The van der Waals surface area contributed by atoms with Crippen LogP contribution >= 0.6 is 11.6 Å². The molecule has 4 nitrogen and oxygen atoms in total. The first-order valence-corrected chi connectivity index (χ1v) is 8.91. The third kappa shape index (κ3) is 4.08. The summed E-state index contributed by atoms with van der Waals surface area (Å²) in [7, 11) is -3.18. The van der Waals surface area contributed by atoms with Gasteiger partial charge in [-0.05, 0) is 49.2 Å². The van der Waals surface area contributed by atoms with E-state index in [-0.39, 0.29) is 0 Å². The van der Waals surface area contributed by atoms with Crippen molar-refractivity contribution >= 4 is 32.8 Å². The lowest BCUT2D eigenvalue weighted by molar-refractivity contribution is 0.602. The molecule has 0 saturated heterocycles. The standard InChI is InChI=1S/C16H17ClN2O2S/c1-11-4-7-14(10-16(11)17)19-18-12(2)13-5-8-15(9-6-13)22(3,20)21/h4-10,19H,1-3H3/b18-12-. The van der Waals surface area contributed by atoms with Gasteiger partial charge in [-0.3, -0.25) is 5.43 Å². The van der Waals surface area contributed by atoms with Crippen LogP contribution in [-0.4, -0.2) is 20.4 Å². The van der Waals surface area contributed by atoms with E-state index in [9.17, 15) is 8.42 Å². The molecule has 0 fully saturated rings. The van der Waals surface area contributed by atoms with Gasteiger partial charge in [0.25, 0.3) is 0 Å². The lowest BCUT2D eigenvalue weighted by Gasteiger charge is -2.06. The number of anilines is 1. The number of halogens is 1. The first-order valence-electron chi connectivity index (χ1n) is 6.64. The van der Waals surface area contributed by atoms with Crippen LogP contribution in [-0.2, 0) is 9.84 Å². The third-order valence-corrected chi connectivity index (χ3v) is 4.76. The number of hydrogen-bond acceptors (Lipinski definition) is 4. The van der Waals surface area contributed by atoms with Gasteiger partial charge in [0.15, 0.2) is 9.84 Å². The van der Waals surface area contributed by atoms with Crippen molar-refractivity contribution in [2.45, 2.75) is 18.7 Å². The number of hydrazone groups is 1. The molecule has 0 aromatic heterocycles. The van der Waals surface area contributed by atoms with E-state index >= 15 is 0 Å². The molecule has 116 valence electrons. The summed E-state index contributed by atoms with van der Waals surface area (Å²) in [5.41, 5.74) is 6.33. The highest BCUT2D eigenvalue weighted by Crippen LogP contribution is 2.20. The second-order valence-corrected chi connectivity index (χ2v) is 7.49. The van der Waals surface area contributed by atoms with Crippen LogP contribution in [0.1, 0.15) is 18.1 Å². The molecular formula is C16H17ClN2O2S. The Morgan fingerprint density at radius 2 is 1.77 bits per heavy atom. The van der Waals surface area contributed by atoms with E-state index in [1.165, 1.54) is 6.26 Å². The molecule has 2 aromatic carbocycles. The predicted molar refractivity (Wildman–Crippen MR) is 91.6 cm³/mol. The minimum absolute atomic E-state index is 0.294.